The number of aromatic amines is 1. The highest BCUT2D eigenvalue weighted by molar-refractivity contribution is 6.30. The number of hydrogen-bond acceptors (Lipinski definition) is 3. The number of rotatable bonds is 7. The van der Waals surface area contributed by atoms with Crippen molar-refractivity contribution in [2.75, 3.05) is 0 Å². The Kier molecular flexibility index (Phi) is 6.44. The number of nitrogens with one attached hydrogen (secondary N) is 1. The first kappa shape index (κ1) is 24.0. The number of carbonyl (C=O) groups excluding carboxylic acids is 1. The number of nitrogens with zero attached hydrogens (tertiary/aromatic N) is 2. The van der Waals surface area contributed by atoms with E-state index in [1.807, 2.05) is 83.8 Å². The Morgan fingerprint density at radius 1 is 0.868 bits per heavy atom. The van der Waals surface area contributed by atoms with Gasteiger partial charge >= 0.3 is 0 Å². The van der Waals surface area contributed by atoms with E-state index in [1.54, 1.807) is 0 Å². The van der Waals surface area contributed by atoms with Crippen molar-refractivity contribution in [1.82, 2.24) is 15.1 Å². The van der Waals surface area contributed by atoms with Crippen molar-refractivity contribution in [3.63, 3.8) is 0 Å². The van der Waals surface area contributed by atoms with Crippen LogP contribution in [-0.4, -0.2) is 21.0 Å². The van der Waals surface area contributed by atoms with E-state index >= 15 is 0 Å². The van der Waals surface area contributed by atoms with Crippen LogP contribution in [0.2, 0.25) is 5.02 Å². The Labute approximate surface area is 226 Å². The number of aromatic nitrogens is 2. The van der Waals surface area contributed by atoms with Crippen molar-refractivity contribution in [2.45, 2.75) is 26.1 Å². The second kappa shape index (κ2) is 10.2. The fourth-order valence-electron chi connectivity index (χ4n) is 4.91. The lowest BCUT2D eigenvalue weighted by Crippen LogP contribution is -2.29. The molecule has 4 aromatic carbocycles. The van der Waals surface area contributed by atoms with Crippen LogP contribution in [0.5, 0.6) is 5.75 Å². The van der Waals surface area contributed by atoms with E-state index in [9.17, 15) is 4.79 Å². The molecule has 6 rings (SSSR count). The molecule has 1 amide bonds. The lowest BCUT2D eigenvalue weighted by Gasteiger charge is -2.27. The zero-order valence-electron chi connectivity index (χ0n) is 20.9. The highest BCUT2D eigenvalue weighted by atomic mass is 35.5. The summed E-state index contributed by atoms with van der Waals surface area (Å²) in [7, 11) is 0. The van der Waals surface area contributed by atoms with Gasteiger partial charge in [0.25, 0.3) is 5.91 Å². The topological polar surface area (TPSA) is 58.2 Å². The van der Waals surface area contributed by atoms with Gasteiger partial charge in [-0.2, -0.15) is 5.10 Å². The summed E-state index contributed by atoms with van der Waals surface area (Å²) in [6.07, 6.45) is 0. The van der Waals surface area contributed by atoms with Crippen LogP contribution in [0.4, 0.5) is 0 Å². The number of amides is 1. The number of benzene rings is 4. The quantitative estimate of drug-likeness (QED) is 0.244. The summed E-state index contributed by atoms with van der Waals surface area (Å²) in [4.78, 5) is 15.6. The average Bonchev–Trinajstić information content (AvgIpc) is 3.49. The lowest BCUT2D eigenvalue weighted by atomic mass is 9.95. The molecule has 1 aliphatic rings. The van der Waals surface area contributed by atoms with Gasteiger partial charge in [-0.3, -0.25) is 9.89 Å². The molecular weight excluding hydrogens is 494 g/mol. The van der Waals surface area contributed by atoms with E-state index in [-0.39, 0.29) is 11.9 Å². The first-order valence-electron chi connectivity index (χ1n) is 12.5. The van der Waals surface area contributed by atoms with Gasteiger partial charge in [-0.05, 0) is 47.9 Å². The second-order valence-corrected chi connectivity index (χ2v) is 9.97. The molecule has 0 aliphatic carbocycles. The molecule has 38 heavy (non-hydrogen) atoms. The summed E-state index contributed by atoms with van der Waals surface area (Å²) in [6.45, 7) is 3.00. The third-order valence-corrected chi connectivity index (χ3v) is 7.15. The number of hydrogen-bond donors (Lipinski definition) is 1. The van der Waals surface area contributed by atoms with Crippen molar-refractivity contribution in [3.05, 3.63) is 142 Å². The van der Waals surface area contributed by atoms with Crippen LogP contribution in [0.15, 0.2) is 103 Å². The second-order valence-electron chi connectivity index (χ2n) is 9.53. The highest BCUT2D eigenvalue weighted by Crippen LogP contribution is 2.43. The summed E-state index contributed by atoms with van der Waals surface area (Å²) in [5, 5.41) is 8.29. The smallest absolute Gasteiger partial charge is 0.273 e. The molecule has 2 heterocycles. The molecule has 6 heteroatoms. The minimum atomic E-state index is -0.300. The Balaban J connectivity index is 1.36. The predicted octanol–water partition coefficient (Wildman–Crippen LogP) is 7.36. The minimum absolute atomic E-state index is 0.0739. The van der Waals surface area contributed by atoms with Crippen molar-refractivity contribution in [2.24, 2.45) is 0 Å². The molecule has 0 fully saturated rings. The van der Waals surface area contributed by atoms with E-state index in [0.717, 1.165) is 39.3 Å². The van der Waals surface area contributed by atoms with Crippen LogP contribution < -0.4 is 4.74 Å². The fourth-order valence-corrected chi connectivity index (χ4v) is 5.04. The van der Waals surface area contributed by atoms with Crippen molar-refractivity contribution in [1.29, 1.82) is 0 Å². The molecule has 0 radical (unpaired) electrons. The van der Waals surface area contributed by atoms with Crippen LogP contribution in [-0.2, 0) is 13.2 Å². The van der Waals surface area contributed by atoms with Crippen LogP contribution in [0.3, 0.4) is 0 Å². The number of aryl methyl sites for hydroxylation is 1. The summed E-state index contributed by atoms with van der Waals surface area (Å²) < 4.78 is 6.01. The van der Waals surface area contributed by atoms with E-state index in [1.165, 1.54) is 5.56 Å². The van der Waals surface area contributed by atoms with Gasteiger partial charge in [0, 0.05) is 22.7 Å². The van der Waals surface area contributed by atoms with Crippen molar-refractivity contribution >= 4 is 17.5 Å². The lowest BCUT2D eigenvalue weighted by molar-refractivity contribution is 0.0730. The maximum Gasteiger partial charge on any atom is 0.273 e. The number of ether oxygens (including phenoxy) is 1. The van der Waals surface area contributed by atoms with E-state index in [0.29, 0.717) is 23.9 Å². The molecule has 0 spiro atoms. The Bertz CT molecular complexity index is 1560. The maximum absolute atomic E-state index is 13.7. The van der Waals surface area contributed by atoms with Gasteiger partial charge in [0.2, 0.25) is 0 Å². The third kappa shape index (κ3) is 4.69. The van der Waals surface area contributed by atoms with Gasteiger partial charge in [-0.25, -0.2) is 0 Å². The summed E-state index contributed by atoms with van der Waals surface area (Å²) in [5.41, 5.74) is 7.47. The summed E-state index contributed by atoms with van der Waals surface area (Å²) >= 11 is 6.11. The normalized spacial score (nSPS) is 14.5. The molecular formula is C32H26ClN3O2. The Morgan fingerprint density at radius 3 is 2.29 bits per heavy atom. The molecule has 1 aliphatic heterocycles. The average molecular weight is 520 g/mol. The first-order valence-corrected chi connectivity index (χ1v) is 12.9. The molecule has 5 nitrogen and oxygen atoms in total. The van der Waals surface area contributed by atoms with Crippen LogP contribution in [0.1, 0.15) is 44.3 Å². The molecule has 188 valence electrons. The molecule has 0 bridgehead atoms. The zero-order valence-corrected chi connectivity index (χ0v) is 21.7. The summed E-state index contributed by atoms with van der Waals surface area (Å²) in [6, 6.07) is 33.6. The fraction of sp³-hybridized carbons (Fsp3) is 0.125. The van der Waals surface area contributed by atoms with Gasteiger partial charge in [0.1, 0.15) is 18.1 Å². The van der Waals surface area contributed by atoms with Gasteiger partial charge in [0.15, 0.2) is 0 Å². The van der Waals surface area contributed by atoms with Crippen LogP contribution in [0, 0.1) is 6.92 Å². The SMILES string of the molecule is Cc1ccc(-c2n[nH]c3c2C(c2ccc(OCc4ccccc4)cc2)N(Cc2ccc(Cl)cc2)C3=O)cc1. The standard InChI is InChI=1S/C32H26ClN3O2/c1-21-7-11-24(12-8-21)29-28-30(35-34-29)32(37)36(19-22-9-15-26(33)16-10-22)31(28)25-13-17-27(18-14-25)38-20-23-5-3-2-4-6-23/h2-18,31H,19-20H2,1H3,(H,34,35). The molecule has 1 N–H and O–H groups in total. The number of H-pyrrole nitrogens is 1. The van der Waals surface area contributed by atoms with Crippen LogP contribution in [0.25, 0.3) is 11.3 Å². The molecule has 0 saturated carbocycles. The maximum atomic E-state index is 13.7. The number of fused-ring (bicyclic) bond motifs is 1. The molecule has 5 aromatic rings. The highest BCUT2D eigenvalue weighted by Gasteiger charge is 2.42. The van der Waals surface area contributed by atoms with Gasteiger partial charge in [-0.1, -0.05) is 96.0 Å². The van der Waals surface area contributed by atoms with E-state index in [4.69, 9.17) is 16.3 Å². The zero-order chi connectivity index (χ0) is 26.1. The first-order chi connectivity index (χ1) is 18.6. The largest absolute Gasteiger partial charge is 0.489 e. The number of carbonyl (C=O) groups is 1. The van der Waals surface area contributed by atoms with E-state index in [2.05, 4.69) is 41.4 Å². The molecule has 1 unspecified atom stereocenters. The Morgan fingerprint density at radius 2 is 1.58 bits per heavy atom. The van der Waals surface area contributed by atoms with E-state index < -0.39 is 0 Å². The van der Waals surface area contributed by atoms with Gasteiger partial charge in [-0.15, -0.1) is 0 Å². The van der Waals surface area contributed by atoms with Gasteiger partial charge in [0.05, 0.1) is 11.7 Å². The predicted molar refractivity (Wildman–Crippen MR) is 149 cm³/mol. The minimum Gasteiger partial charge on any atom is -0.489 e. The Hall–Kier alpha value is -4.35. The third-order valence-electron chi connectivity index (χ3n) is 6.90. The number of halogens is 1. The van der Waals surface area contributed by atoms with Crippen molar-refractivity contribution < 1.29 is 9.53 Å². The molecule has 1 aromatic heterocycles. The summed E-state index contributed by atoms with van der Waals surface area (Å²) in [5.74, 6) is 0.701. The van der Waals surface area contributed by atoms with Crippen molar-refractivity contribution in [3.8, 4) is 17.0 Å². The van der Waals surface area contributed by atoms with Gasteiger partial charge < -0.3 is 9.64 Å². The molecule has 0 saturated heterocycles. The molecule has 1 atom stereocenters. The van der Waals surface area contributed by atoms with Crippen LogP contribution >= 0.6 is 11.6 Å². The monoisotopic (exact) mass is 519 g/mol.